The van der Waals surface area contributed by atoms with E-state index in [-0.39, 0.29) is 5.82 Å². The second kappa shape index (κ2) is 5.43. The SMILES string of the molecule is Cc1cc(C)c(C(N)c2c(F)cccc2Br)c(C)c1. The summed E-state index contributed by atoms with van der Waals surface area (Å²) in [4.78, 5) is 0. The number of nitrogens with two attached hydrogens (primary N) is 1. The zero-order valence-corrected chi connectivity index (χ0v) is 12.9. The predicted molar refractivity (Wildman–Crippen MR) is 80.8 cm³/mol. The number of halogens is 2. The standard InChI is InChI=1S/C16H17BrFN/c1-9-7-10(2)14(11(3)8-9)16(19)15-12(17)5-4-6-13(15)18/h4-8,16H,19H2,1-3H3. The summed E-state index contributed by atoms with van der Waals surface area (Å²) in [5, 5.41) is 0. The molecule has 0 heterocycles. The molecule has 1 atom stereocenters. The smallest absolute Gasteiger partial charge is 0.129 e. The lowest BCUT2D eigenvalue weighted by Gasteiger charge is -2.20. The first-order chi connectivity index (χ1) is 8.91. The Balaban J connectivity index is 2.60. The van der Waals surface area contributed by atoms with E-state index in [1.54, 1.807) is 6.07 Å². The van der Waals surface area contributed by atoms with E-state index in [9.17, 15) is 4.39 Å². The van der Waals surface area contributed by atoms with E-state index in [2.05, 4.69) is 28.1 Å². The quantitative estimate of drug-likeness (QED) is 0.862. The van der Waals surface area contributed by atoms with Crippen LogP contribution in [0.15, 0.2) is 34.8 Å². The van der Waals surface area contributed by atoms with Crippen molar-refractivity contribution in [3.05, 3.63) is 68.4 Å². The van der Waals surface area contributed by atoms with Crippen LogP contribution < -0.4 is 5.73 Å². The Labute approximate surface area is 121 Å². The molecule has 1 nitrogen and oxygen atoms in total. The van der Waals surface area contributed by atoms with Crippen LogP contribution in [0, 0.1) is 26.6 Å². The van der Waals surface area contributed by atoms with Crippen LogP contribution in [0.1, 0.15) is 33.9 Å². The highest BCUT2D eigenvalue weighted by Crippen LogP contribution is 2.32. The van der Waals surface area contributed by atoms with Crippen LogP contribution in [0.3, 0.4) is 0 Å². The zero-order chi connectivity index (χ0) is 14.2. The Morgan fingerprint density at radius 2 is 1.63 bits per heavy atom. The first kappa shape index (κ1) is 14.2. The van der Waals surface area contributed by atoms with Crippen LogP contribution in [0.25, 0.3) is 0 Å². The number of benzene rings is 2. The summed E-state index contributed by atoms with van der Waals surface area (Å²) in [6, 6.07) is 8.63. The molecule has 0 aliphatic rings. The summed E-state index contributed by atoms with van der Waals surface area (Å²) in [6.45, 7) is 6.09. The van der Waals surface area contributed by atoms with Crippen molar-refractivity contribution >= 4 is 15.9 Å². The minimum absolute atomic E-state index is 0.277. The molecule has 0 amide bonds. The molecular weight excluding hydrogens is 305 g/mol. The first-order valence-electron chi connectivity index (χ1n) is 6.19. The van der Waals surface area contributed by atoms with Gasteiger partial charge in [0.2, 0.25) is 0 Å². The van der Waals surface area contributed by atoms with Crippen molar-refractivity contribution in [1.29, 1.82) is 0 Å². The van der Waals surface area contributed by atoms with Crippen LogP contribution >= 0.6 is 15.9 Å². The third-order valence-corrected chi connectivity index (χ3v) is 4.05. The van der Waals surface area contributed by atoms with Gasteiger partial charge in [-0.25, -0.2) is 4.39 Å². The van der Waals surface area contributed by atoms with Gasteiger partial charge in [0, 0.05) is 10.0 Å². The summed E-state index contributed by atoms with van der Waals surface area (Å²) in [6.07, 6.45) is 0. The molecule has 2 N–H and O–H groups in total. The monoisotopic (exact) mass is 321 g/mol. The molecule has 100 valence electrons. The van der Waals surface area contributed by atoms with E-state index in [1.807, 2.05) is 26.8 Å². The number of hydrogen-bond donors (Lipinski definition) is 1. The fraction of sp³-hybridized carbons (Fsp3) is 0.250. The highest BCUT2D eigenvalue weighted by molar-refractivity contribution is 9.10. The van der Waals surface area contributed by atoms with Crippen LogP contribution in [-0.2, 0) is 0 Å². The van der Waals surface area contributed by atoms with Crippen LogP contribution in [0.4, 0.5) is 4.39 Å². The maximum atomic E-state index is 14.0. The molecule has 3 heteroatoms. The molecule has 0 radical (unpaired) electrons. The van der Waals surface area contributed by atoms with Gasteiger partial charge in [0.15, 0.2) is 0 Å². The molecule has 0 saturated carbocycles. The van der Waals surface area contributed by atoms with E-state index in [0.29, 0.717) is 10.0 Å². The Morgan fingerprint density at radius 1 is 1.05 bits per heavy atom. The maximum absolute atomic E-state index is 14.0. The minimum atomic E-state index is -0.462. The molecule has 19 heavy (non-hydrogen) atoms. The van der Waals surface area contributed by atoms with E-state index in [4.69, 9.17) is 5.73 Å². The summed E-state index contributed by atoms with van der Waals surface area (Å²) < 4.78 is 14.7. The molecule has 0 spiro atoms. The summed E-state index contributed by atoms with van der Waals surface area (Å²) >= 11 is 3.39. The second-order valence-electron chi connectivity index (χ2n) is 4.93. The molecule has 2 rings (SSSR count). The van der Waals surface area contributed by atoms with Crippen molar-refractivity contribution in [1.82, 2.24) is 0 Å². The maximum Gasteiger partial charge on any atom is 0.129 e. The van der Waals surface area contributed by atoms with Gasteiger partial charge in [-0.05, 0) is 49.6 Å². The molecule has 0 saturated heterocycles. The average molecular weight is 322 g/mol. The van der Waals surface area contributed by atoms with E-state index >= 15 is 0 Å². The van der Waals surface area contributed by atoms with Crippen molar-refractivity contribution in [2.45, 2.75) is 26.8 Å². The fourth-order valence-corrected chi connectivity index (χ4v) is 3.22. The Bertz CT molecular complexity index is 579. The highest BCUT2D eigenvalue weighted by atomic mass is 79.9. The van der Waals surface area contributed by atoms with Crippen molar-refractivity contribution in [3.8, 4) is 0 Å². The summed E-state index contributed by atoms with van der Waals surface area (Å²) in [5.41, 5.74) is 11.2. The van der Waals surface area contributed by atoms with Gasteiger partial charge in [0.25, 0.3) is 0 Å². The molecule has 2 aromatic rings. The molecule has 0 aliphatic carbocycles. The van der Waals surface area contributed by atoms with Crippen molar-refractivity contribution in [2.24, 2.45) is 5.73 Å². The molecule has 1 unspecified atom stereocenters. The molecule has 0 fully saturated rings. The lowest BCUT2D eigenvalue weighted by Crippen LogP contribution is -2.17. The lowest BCUT2D eigenvalue weighted by molar-refractivity contribution is 0.597. The average Bonchev–Trinajstić information content (AvgIpc) is 2.26. The van der Waals surface area contributed by atoms with Gasteiger partial charge in [-0.2, -0.15) is 0 Å². The normalized spacial score (nSPS) is 12.5. The lowest BCUT2D eigenvalue weighted by atomic mass is 9.90. The first-order valence-corrected chi connectivity index (χ1v) is 6.98. The molecule has 0 aliphatic heterocycles. The van der Waals surface area contributed by atoms with Gasteiger partial charge in [-0.15, -0.1) is 0 Å². The molecular formula is C16H17BrFN. The van der Waals surface area contributed by atoms with Gasteiger partial charge >= 0.3 is 0 Å². The Morgan fingerprint density at radius 3 is 2.16 bits per heavy atom. The van der Waals surface area contributed by atoms with Gasteiger partial charge in [0.1, 0.15) is 5.82 Å². The second-order valence-corrected chi connectivity index (χ2v) is 5.78. The summed E-state index contributed by atoms with van der Waals surface area (Å²) in [7, 11) is 0. The highest BCUT2D eigenvalue weighted by Gasteiger charge is 2.20. The molecule has 2 aromatic carbocycles. The van der Waals surface area contributed by atoms with Crippen LogP contribution in [0.2, 0.25) is 0 Å². The van der Waals surface area contributed by atoms with Crippen LogP contribution in [-0.4, -0.2) is 0 Å². The third kappa shape index (κ3) is 2.72. The van der Waals surface area contributed by atoms with Crippen LogP contribution in [0.5, 0.6) is 0 Å². The van der Waals surface area contributed by atoms with Crippen molar-refractivity contribution in [3.63, 3.8) is 0 Å². The number of rotatable bonds is 2. The van der Waals surface area contributed by atoms with Gasteiger partial charge < -0.3 is 5.73 Å². The number of aryl methyl sites for hydroxylation is 3. The zero-order valence-electron chi connectivity index (χ0n) is 11.3. The number of hydrogen-bond acceptors (Lipinski definition) is 1. The Hall–Kier alpha value is -1.19. The molecule has 0 aromatic heterocycles. The topological polar surface area (TPSA) is 26.0 Å². The van der Waals surface area contributed by atoms with Gasteiger partial charge in [-0.1, -0.05) is 39.7 Å². The third-order valence-electron chi connectivity index (χ3n) is 3.36. The van der Waals surface area contributed by atoms with Gasteiger partial charge in [0.05, 0.1) is 6.04 Å². The fourth-order valence-electron chi connectivity index (χ4n) is 2.63. The predicted octanol–water partition coefficient (Wildman–Crippen LogP) is 4.56. The van der Waals surface area contributed by atoms with E-state index in [0.717, 1.165) is 16.7 Å². The minimum Gasteiger partial charge on any atom is -0.320 e. The van der Waals surface area contributed by atoms with Gasteiger partial charge in [-0.3, -0.25) is 0 Å². The summed E-state index contributed by atoms with van der Waals surface area (Å²) in [5.74, 6) is -0.277. The largest absolute Gasteiger partial charge is 0.320 e. The van der Waals surface area contributed by atoms with E-state index in [1.165, 1.54) is 11.6 Å². The van der Waals surface area contributed by atoms with Crippen molar-refractivity contribution in [2.75, 3.05) is 0 Å². The van der Waals surface area contributed by atoms with Crippen molar-refractivity contribution < 1.29 is 4.39 Å². The van der Waals surface area contributed by atoms with E-state index < -0.39 is 6.04 Å². The Kier molecular flexibility index (Phi) is 4.07. The molecule has 0 bridgehead atoms.